The van der Waals surface area contributed by atoms with Gasteiger partial charge in [-0.2, -0.15) is 5.10 Å². The lowest BCUT2D eigenvalue weighted by Crippen LogP contribution is -2.43. The lowest BCUT2D eigenvalue weighted by molar-refractivity contribution is -0.126. The van der Waals surface area contributed by atoms with Crippen LogP contribution in [-0.4, -0.2) is 38.7 Å². The first kappa shape index (κ1) is 20.6. The molecule has 0 bridgehead atoms. The van der Waals surface area contributed by atoms with Gasteiger partial charge in [0.25, 0.3) is 0 Å². The van der Waals surface area contributed by atoms with Crippen molar-refractivity contribution in [1.82, 2.24) is 25.1 Å². The van der Waals surface area contributed by atoms with E-state index in [1.54, 1.807) is 12.5 Å². The molecule has 1 aliphatic carbocycles. The summed E-state index contributed by atoms with van der Waals surface area (Å²) in [6, 6.07) is 7.69. The Morgan fingerprint density at radius 3 is 2.67 bits per heavy atom. The smallest absolute Gasteiger partial charge is 0.230 e. The summed E-state index contributed by atoms with van der Waals surface area (Å²) in [5.41, 5.74) is 1.35. The monoisotopic (exact) mass is 426 g/mol. The van der Waals surface area contributed by atoms with E-state index in [0.29, 0.717) is 18.1 Å². The molecule has 0 unspecified atom stereocenters. The first-order valence-corrected chi connectivity index (χ1v) is 11.0. The second-order valence-electron chi connectivity index (χ2n) is 7.81. The zero-order valence-corrected chi connectivity index (χ0v) is 18.0. The Bertz CT molecular complexity index is 1010. The number of halogens is 1. The lowest BCUT2D eigenvalue weighted by Gasteiger charge is -2.28. The summed E-state index contributed by atoms with van der Waals surface area (Å²) in [6.45, 7) is 4.00. The molecule has 2 N–H and O–H groups in total. The van der Waals surface area contributed by atoms with Crippen molar-refractivity contribution >= 4 is 34.4 Å². The van der Waals surface area contributed by atoms with Gasteiger partial charge in [0.05, 0.1) is 23.5 Å². The third-order valence-corrected chi connectivity index (χ3v) is 6.13. The molecule has 0 saturated heterocycles. The fourth-order valence-electron chi connectivity index (χ4n) is 4.28. The topological polar surface area (TPSA) is 84.7 Å². The van der Waals surface area contributed by atoms with Crippen LogP contribution in [0.3, 0.4) is 0 Å². The minimum Gasteiger partial charge on any atom is -0.369 e. The number of anilines is 1. The van der Waals surface area contributed by atoms with E-state index in [1.165, 1.54) is 0 Å². The molecule has 3 aromatic rings. The van der Waals surface area contributed by atoms with Gasteiger partial charge in [-0.25, -0.2) is 14.6 Å². The summed E-state index contributed by atoms with van der Waals surface area (Å²) in [4.78, 5) is 21.9. The first-order valence-electron chi connectivity index (χ1n) is 10.6. The van der Waals surface area contributed by atoms with Crippen molar-refractivity contribution in [3.05, 3.63) is 47.4 Å². The maximum absolute atomic E-state index is 13.2. The number of aromatic nitrogens is 4. The maximum Gasteiger partial charge on any atom is 0.230 e. The fraction of sp³-hybridized carbons (Fsp3) is 0.455. The van der Waals surface area contributed by atoms with Gasteiger partial charge in [0.1, 0.15) is 12.1 Å². The van der Waals surface area contributed by atoms with Gasteiger partial charge < -0.3 is 10.6 Å². The Morgan fingerprint density at radius 2 is 1.93 bits per heavy atom. The Labute approximate surface area is 181 Å². The second kappa shape index (κ2) is 9.00. The summed E-state index contributed by atoms with van der Waals surface area (Å²) in [5.74, 6) is 0.878. The molecule has 0 atom stereocenters. The van der Waals surface area contributed by atoms with Crippen molar-refractivity contribution in [2.24, 2.45) is 0 Å². The van der Waals surface area contributed by atoms with Crippen LogP contribution >= 0.6 is 11.6 Å². The number of hydrogen-bond donors (Lipinski definition) is 2. The number of rotatable bonds is 8. The van der Waals surface area contributed by atoms with Crippen molar-refractivity contribution in [3.8, 4) is 0 Å². The van der Waals surface area contributed by atoms with Gasteiger partial charge in [-0.3, -0.25) is 4.79 Å². The number of carbonyl (C=O) groups excluding carboxylic acids is 1. The highest BCUT2D eigenvalue weighted by atomic mass is 35.5. The molecule has 1 aliphatic rings. The van der Waals surface area contributed by atoms with Crippen LogP contribution in [0.2, 0.25) is 5.02 Å². The van der Waals surface area contributed by atoms with E-state index in [4.69, 9.17) is 11.6 Å². The minimum atomic E-state index is -0.462. The zero-order chi connectivity index (χ0) is 21.0. The van der Waals surface area contributed by atoms with Crippen LogP contribution in [0.25, 0.3) is 11.0 Å². The third kappa shape index (κ3) is 3.99. The van der Waals surface area contributed by atoms with Crippen molar-refractivity contribution in [2.45, 2.75) is 51.0 Å². The average Bonchev–Trinajstić information content (AvgIpc) is 3.41. The predicted molar refractivity (Wildman–Crippen MR) is 119 cm³/mol. The molecule has 4 rings (SSSR count). The summed E-state index contributed by atoms with van der Waals surface area (Å²) in [5, 5.41) is 12.5. The van der Waals surface area contributed by atoms with Gasteiger partial charge in [0.15, 0.2) is 5.65 Å². The van der Waals surface area contributed by atoms with Gasteiger partial charge in [0, 0.05) is 18.1 Å². The van der Waals surface area contributed by atoms with Crippen LogP contribution in [0.5, 0.6) is 0 Å². The highest BCUT2D eigenvalue weighted by molar-refractivity contribution is 6.30. The number of carbonyl (C=O) groups is 1. The van der Waals surface area contributed by atoms with Crippen molar-refractivity contribution < 1.29 is 4.79 Å². The zero-order valence-electron chi connectivity index (χ0n) is 17.2. The van der Waals surface area contributed by atoms with E-state index in [2.05, 4.69) is 32.6 Å². The van der Waals surface area contributed by atoms with Crippen molar-refractivity contribution in [1.29, 1.82) is 0 Å². The number of benzene rings is 1. The summed E-state index contributed by atoms with van der Waals surface area (Å²) in [7, 11) is 0. The maximum atomic E-state index is 13.2. The molecule has 1 amide bonds. The summed E-state index contributed by atoms with van der Waals surface area (Å²) in [6.07, 6.45) is 8.19. The molecule has 1 aromatic carbocycles. The molecular formula is C22H27ClN6O. The Hall–Kier alpha value is -2.67. The number of amides is 1. The number of fused-ring (bicyclic) bond motifs is 1. The van der Waals surface area contributed by atoms with Crippen LogP contribution < -0.4 is 10.6 Å². The molecule has 1 fully saturated rings. The molecule has 30 heavy (non-hydrogen) atoms. The number of nitrogens with one attached hydrogen (secondary N) is 2. The molecule has 0 spiro atoms. The van der Waals surface area contributed by atoms with Crippen molar-refractivity contribution in [3.63, 3.8) is 0 Å². The molecule has 1 saturated carbocycles. The highest BCUT2D eigenvalue weighted by Crippen LogP contribution is 2.41. The summed E-state index contributed by atoms with van der Waals surface area (Å²) < 4.78 is 1.82. The molecule has 8 heteroatoms. The lowest BCUT2D eigenvalue weighted by atomic mass is 9.78. The summed E-state index contributed by atoms with van der Waals surface area (Å²) >= 11 is 6.05. The van der Waals surface area contributed by atoms with Gasteiger partial charge >= 0.3 is 0 Å². The Kier molecular flexibility index (Phi) is 6.18. The predicted octanol–water partition coefficient (Wildman–Crippen LogP) is 3.93. The third-order valence-electron chi connectivity index (χ3n) is 5.87. The van der Waals surface area contributed by atoms with Gasteiger partial charge in [-0.05, 0) is 37.0 Å². The molecule has 2 aromatic heterocycles. The highest BCUT2D eigenvalue weighted by Gasteiger charge is 2.42. The molecular weight excluding hydrogens is 400 g/mol. The van der Waals surface area contributed by atoms with Gasteiger partial charge in [0.2, 0.25) is 5.91 Å². The van der Waals surface area contributed by atoms with Crippen LogP contribution in [0.15, 0.2) is 36.8 Å². The van der Waals surface area contributed by atoms with E-state index in [9.17, 15) is 4.79 Å². The van der Waals surface area contributed by atoms with E-state index in [0.717, 1.165) is 61.1 Å². The normalized spacial score (nSPS) is 15.4. The molecule has 0 radical (unpaired) electrons. The second-order valence-corrected chi connectivity index (χ2v) is 8.24. The number of hydrogen-bond acceptors (Lipinski definition) is 5. The Balaban J connectivity index is 1.44. The SMILES string of the molecule is CCCNc1ncnc2c1cnn2CCNC(=O)C1(c2ccc(Cl)cc2)CCCC1. The largest absolute Gasteiger partial charge is 0.369 e. The molecule has 158 valence electrons. The quantitative estimate of drug-likeness (QED) is 0.570. The standard InChI is InChI=1S/C22H27ClN6O/c1-2-11-24-19-18-14-28-29(20(18)27-15-26-19)13-12-25-21(30)22(9-3-4-10-22)16-5-7-17(23)8-6-16/h5-8,14-15H,2-4,9-13H2,1H3,(H,25,30)(H,24,26,27). The molecule has 0 aliphatic heterocycles. The number of nitrogens with zero attached hydrogens (tertiary/aromatic N) is 4. The van der Waals surface area contributed by atoms with Crippen molar-refractivity contribution in [2.75, 3.05) is 18.4 Å². The van der Waals surface area contributed by atoms with E-state index >= 15 is 0 Å². The first-order chi connectivity index (χ1) is 14.6. The van der Waals surface area contributed by atoms with E-state index in [1.807, 2.05) is 28.9 Å². The molecule has 7 nitrogen and oxygen atoms in total. The van der Waals surface area contributed by atoms with E-state index in [-0.39, 0.29) is 5.91 Å². The Morgan fingerprint density at radius 1 is 1.17 bits per heavy atom. The fourth-order valence-corrected chi connectivity index (χ4v) is 4.41. The molecule has 2 heterocycles. The average molecular weight is 427 g/mol. The van der Waals surface area contributed by atoms with Crippen LogP contribution in [-0.2, 0) is 16.8 Å². The van der Waals surface area contributed by atoms with Crippen LogP contribution in [0.1, 0.15) is 44.6 Å². The van der Waals surface area contributed by atoms with Crippen LogP contribution in [0, 0.1) is 0 Å². The minimum absolute atomic E-state index is 0.0821. The van der Waals surface area contributed by atoms with Crippen LogP contribution in [0.4, 0.5) is 5.82 Å². The van der Waals surface area contributed by atoms with E-state index < -0.39 is 5.41 Å². The van der Waals surface area contributed by atoms with Gasteiger partial charge in [-0.1, -0.05) is 43.5 Å². The van der Waals surface area contributed by atoms with Gasteiger partial charge in [-0.15, -0.1) is 0 Å².